The van der Waals surface area contributed by atoms with E-state index in [0.29, 0.717) is 17.8 Å². The molecule has 2 N–H and O–H groups in total. The van der Waals surface area contributed by atoms with Crippen molar-refractivity contribution in [2.75, 3.05) is 5.73 Å². The van der Waals surface area contributed by atoms with E-state index >= 15 is 0 Å². The molecule has 0 aromatic carbocycles. The SMILES string of the molecule is Nc1cnc2c(c1)CCC2=O. The molecule has 0 saturated carbocycles. The summed E-state index contributed by atoms with van der Waals surface area (Å²) in [6, 6.07) is 1.83. The Bertz CT molecular complexity index is 320. The highest BCUT2D eigenvalue weighted by molar-refractivity contribution is 5.98. The van der Waals surface area contributed by atoms with Gasteiger partial charge in [-0.2, -0.15) is 0 Å². The summed E-state index contributed by atoms with van der Waals surface area (Å²) in [4.78, 5) is 15.0. The van der Waals surface area contributed by atoms with Crippen molar-refractivity contribution in [3.63, 3.8) is 0 Å². The lowest BCUT2D eigenvalue weighted by Gasteiger charge is -1.96. The number of hydrogen-bond donors (Lipinski definition) is 1. The molecule has 0 bridgehead atoms. The number of carbonyl (C=O) groups is 1. The molecule has 0 radical (unpaired) electrons. The van der Waals surface area contributed by atoms with Gasteiger partial charge in [0, 0.05) is 6.42 Å². The zero-order valence-corrected chi connectivity index (χ0v) is 6.00. The highest BCUT2D eigenvalue weighted by Gasteiger charge is 2.20. The molecule has 3 nitrogen and oxygen atoms in total. The number of carbonyl (C=O) groups excluding carboxylic acids is 1. The number of rotatable bonds is 0. The second-order valence-electron chi connectivity index (χ2n) is 2.70. The van der Waals surface area contributed by atoms with Crippen LogP contribution in [0.1, 0.15) is 22.5 Å². The highest BCUT2D eigenvalue weighted by Crippen LogP contribution is 2.20. The summed E-state index contributed by atoms with van der Waals surface area (Å²) in [6.07, 6.45) is 2.92. The molecule has 0 fully saturated rings. The summed E-state index contributed by atoms with van der Waals surface area (Å²) in [7, 11) is 0. The normalized spacial score (nSPS) is 15.1. The monoisotopic (exact) mass is 148 g/mol. The average Bonchev–Trinajstić information content (AvgIpc) is 2.32. The Kier molecular flexibility index (Phi) is 1.18. The first-order chi connectivity index (χ1) is 5.27. The van der Waals surface area contributed by atoms with Gasteiger partial charge in [0.25, 0.3) is 0 Å². The molecule has 0 unspecified atom stereocenters. The summed E-state index contributed by atoms with van der Waals surface area (Å²) >= 11 is 0. The van der Waals surface area contributed by atoms with Crippen molar-refractivity contribution >= 4 is 11.5 Å². The minimum atomic E-state index is 0.139. The first kappa shape index (κ1) is 6.34. The van der Waals surface area contributed by atoms with E-state index in [9.17, 15) is 4.79 Å². The van der Waals surface area contributed by atoms with E-state index in [2.05, 4.69) is 4.98 Å². The maximum Gasteiger partial charge on any atom is 0.181 e. The van der Waals surface area contributed by atoms with Crippen LogP contribution in [0.5, 0.6) is 0 Å². The summed E-state index contributed by atoms with van der Waals surface area (Å²) < 4.78 is 0. The van der Waals surface area contributed by atoms with Crippen molar-refractivity contribution in [1.82, 2.24) is 4.98 Å². The Labute approximate surface area is 64.2 Å². The topological polar surface area (TPSA) is 56.0 Å². The Balaban J connectivity index is 2.59. The van der Waals surface area contributed by atoms with Gasteiger partial charge in [0.05, 0.1) is 11.9 Å². The fraction of sp³-hybridized carbons (Fsp3) is 0.250. The number of anilines is 1. The zero-order valence-electron chi connectivity index (χ0n) is 6.00. The van der Waals surface area contributed by atoms with Gasteiger partial charge in [-0.1, -0.05) is 0 Å². The van der Waals surface area contributed by atoms with Crippen LogP contribution in [0.25, 0.3) is 0 Å². The largest absolute Gasteiger partial charge is 0.397 e. The minimum Gasteiger partial charge on any atom is -0.397 e. The number of aryl methyl sites for hydroxylation is 1. The molecular weight excluding hydrogens is 140 g/mol. The summed E-state index contributed by atoms with van der Waals surface area (Å²) in [6.45, 7) is 0. The van der Waals surface area contributed by atoms with Gasteiger partial charge in [-0.3, -0.25) is 9.78 Å². The second-order valence-corrected chi connectivity index (χ2v) is 2.70. The number of nitrogens with zero attached hydrogens (tertiary/aromatic N) is 1. The molecule has 56 valence electrons. The minimum absolute atomic E-state index is 0.139. The van der Waals surface area contributed by atoms with Crippen LogP contribution in [-0.4, -0.2) is 10.8 Å². The third-order valence-corrected chi connectivity index (χ3v) is 1.87. The van der Waals surface area contributed by atoms with Crippen molar-refractivity contribution in [2.45, 2.75) is 12.8 Å². The molecule has 0 saturated heterocycles. The molecule has 0 atom stereocenters. The Morgan fingerprint density at radius 1 is 1.45 bits per heavy atom. The van der Waals surface area contributed by atoms with E-state index in [1.165, 1.54) is 6.20 Å². The van der Waals surface area contributed by atoms with E-state index in [0.717, 1.165) is 12.0 Å². The lowest BCUT2D eigenvalue weighted by molar-refractivity contribution is 0.0990. The first-order valence-corrected chi connectivity index (χ1v) is 3.55. The maximum absolute atomic E-state index is 11.1. The molecule has 0 amide bonds. The number of nitrogens with two attached hydrogens (primary N) is 1. The number of aromatic nitrogens is 1. The Morgan fingerprint density at radius 2 is 2.27 bits per heavy atom. The van der Waals surface area contributed by atoms with Crippen LogP contribution in [0, 0.1) is 0 Å². The van der Waals surface area contributed by atoms with E-state index in [4.69, 9.17) is 5.73 Å². The number of hydrogen-bond acceptors (Lipinski definition) is 3. The molecule has 3 heteroatoms. The summed E-state index contributed by atoms with van der Waals surface area (Å²) in [5.74, 6) is 0.139. The fourth-order valence-corrected chi connectivity index (χ4v) is 1.34. The lowest BCUT2D eigenvalue weighted by atomic mass is 10.2. The van der Waals surface area contributed by atoms with E-state index < -0.39 is 0 Å². The van der Waals surface area contributed by atoms with Crippen LogP contribution in [0.2, 0.25) is 0 Å². The fourth-order valence-electron chi connectivity index (χ4n) is 1.34. The van der Waals surface area contributed by atoms with Crippen LogP contribution in [-0.2, 0) is 6.42 Å². The number of Topliss-reactive ketones (excluding diaryl/α,β-unsaturated/α-hetero) is 1. The Hall–Kier alpha value is -1.38. The van der Waals surface area contributed by atoms with Gasteiger partial charge in [-0.15, -0.1) is 0 Å². The van der Waals surface area contributed by atoms with Gasteiger partial charge in [0.1, 0.15) is 5.69 Å². The van der Waals surface area contributed by atoms with Gasteiger partial charge in [0.2, 0.25) is 0 Å². The van der Waals surface area contributed by atoms with Gasteiger partial charge < -0.3 is 5.73 Å². The predicted molar refractivity (Wildman–Crippen MR) is 41.3 cm³/mol. The molecule has 0 spiro atoms. The molecular formula is C8H8N2O. The van der Waals surface area contributed by atoms with Crippen molar-refractivity contribution < 1.29 is 4.79 Å². The van der Waals surface area contributed by atoms with Gasteiger partial charge in [-0.25, -0.2) is 0 Å². The van der Waals surface area contributed by atoms with Crippen LogP contribution >= 0.6 is 0 Å². The van der Waals surface area contributed by atoms with Gasteiger partial charge in [0.15, 0.2) is 5.78 Å². The van der Waals surface area contributed by atoms with Crippen LogP contribution in [0.15, 0.2) is 12.3 Å². The molecule has 1 aromatic rings. The Morgan fingerprint density at radius 3 is 3.09 bits per heavy atom. The lowest BCUT2D eigenvalue weighted by Crippen LogP contribution is -1.96. The van der Waals surface area contributed by atoms with Crippen LogP contribution < -0.4 is 5.73 Å². The molecule has 1 aliphatic carbocycles. The zero-order chi connectivity index (χ0) is 7.84. The van der Waals surface area contributed by atoms with E-state index in [1.807, 2.05) is 6.07 Å². The smallest absolute Gasteiger partial charge is 0.181 e. The quantitative estimate of drug-likeness (QED) is 0.591. The van der Waals surface area contributed by atoms with Gasteiger partial charge in [-0.05, 0) is 18.1 Å². The molecule has 1 aliphatic rings. The van der Waals surface area contributed by atoms with E-state index in [1.54, 1.807) is 0 Å². The number of nitrogen functional groups attached to an aromatic ring is 1. The van der Waals surface area contributed by atoms with Crippen molar-refractivity contribution in [1.29, 1.82) is 0 Å². The van der Waals surface area contributed by atoms with Crippen molar-refractivity contribution in [3.05, 3.63) is 23.5 Å². The standard InChI is InChI=1S/C8H8N2O/c9-6-3-5-1-2-7(11)8(5)10-4-6/h3-4H,1-2,9H2. The van der Waals surface area contributed by atoms with Crippen LogP contribution in [0.4, 0.5) is 5.69 Å². The third kappa shape index (κ3) is 0.888. The summed E-state index contributed by atoms with van der Waals surface area (Å²) in [5, 5.41) is 0. The van der Waals surface area contributed by atoms with Crippen molar-refractivity contribution in [2.24, 2.45) is 0 Å². The molecule has 0 aliphatic heterocycles. The summed E-state index contributed by atoms with van der Waals surface area (Å²) in [5.41, 5.74) is 7.75. The highest BCUT2D eigenvalue weighted by atomic mass is 16.1. The maximum atomic E-state index is 11.1. The average molecular weight is 148 g/mol. The number of fused-ring (bicyclic) bond motifs is 1. The van der Waals surface area contributed by atoms with Crippen LogP contribution in [0.3, 0.4) is 0 Å². The van der Waals surface area contributed by atoms with Gasteiger partial charge >= 0.3 is 0 Å². The molecule has 1 aromatic heterocycles. The number of ketones is 1. The first-order valence-electron chi connectivity index (χ1n) is 3.55. The molecule has 1 heterocycles. The molecule has 2 rings (SSSR count). The molecule has 11 heavy (non-hydrogen) atoms. The third-order valence-electron chi connectivity index (χ3n) is 1.87. The van der Waals surface area contributed by atoms with Crippen molar-refractivity contribution in [3.8, 4) is 0 Å². The number of pyridine rings is 1. The van der Waals surface area contributed by atoms with E-state index in [-0.39, 0.29) is 5.78 Å². The predicted octanol–water partition coefficient (Wildman–Crippen LogP) is 0.793. The second kappa shape index (κ2) is 2.05.